The minimum Gasteiger partial charge on any atom is -0.494 e. The molecule has 0 aliphatic carbocycles. The number of carbonyl (C=O) groups excluding carboxylic acids is 2. The summed E-state index contributed by atoms with van der Waals surface area (Å²) in [4.78, 5) is 24.5. The zero-order valence-corrected chi connectivity index (χ0v) is 13.7. The van der Waals surface area contributed by atoms with E-state index in [0.717, 1.165) is 10.8 Å². The summed E-state index contributed by atoms with van der Waals surface area (Å²) in [6.45, 7) is 2.50. The first-order chi connectivity index (χ1) is 11.6. The van der Waals surface area contributed by atoms with Gasteiger partial charge in [0.25, 0.3) is 11.8 Å². The van der Waals surface area contributed by atoms with E-state index in [1.165, 1.54) is 0 Å². The minimum absolute atomic E-state index is 0.147. The van der Waals surface area contributed by atoms with Crippen LogP contribution in [0.3, 0.4) is 0 Å². The van der Waals surface area contributed by atoms with Gasteiger partial charge in [-0.2, -0.15) is 5.01 Å². The van der Waals surface area contributed by atoms with Crippen LogP contribution in [-0.4, -0.2) is 28.5 Å². The van der Waals surface area contributed by atoms with E-state index in [9.17, 15) is 9.59 Å². The molecule has 0 fully saturated rings. The van der Waals surface area contributed by atoms with Crippen LogP contribution < -0.4 is 15.5 Å². The highest BCUT2D eigenvalue weighted by Crippen LogP contribution is 2.21. The molecular weight excluding hydrogens is 326 g/mol. The van der Waals surface area contributed by atoms with Gasteiger partial charge in [-0.25, -0.2) is 0 Å². The number of hydrazine groups is 1. The summed E-state index contributed by atoms with van der Waals surface area (Å²) in [5.41, 5.74) is 4.07. The Bertz CT molecular complexity index is 770. The number of rotatable bonds is 4. The largest absolute Gasteiger partial charge is 0.494 e. The molecule has 122 valence electrons. The number of ether oxygens (including phenoxy) is 1. The van der Waals surface area contributed by atoms with E-state index >= 15 is 0 Å². The molecule has 2 aromatic carbocycles. The van der Waals surface area contributed by atoms with Crippen molar-refractivity contribution in [1.82, 2.24) is 10.4 Å². The summed E-state index contributed by atoms with van der Waals surface area (Å²) in [5.74, 6) is -0.0971. The maximum absolute atomic E-state index is 12.3. The fourth-order valence-electron chi connectivity index (χ4n) is 2.35. The lowest BCUT2D eigenvalue weighted by Gasteiger charge is -2.18. The maximum atomic E-state index is 12.3. The first-order valence-electron chi connectivity index (χ1n) is 7.38. The molecule has 0 aromatic heterocycles. The van der Waals surface area contributed by atoms with E-state index in [1.807, 2.05) is 6.92 Å². The Hall–Kier alpha value is -2.93. The van der Waals surface area contributed by atoms with Gasteiger partial charge in [0.05, 0.1) is 17.7 Å². The number of amides is 2. The fraction of sp³-hybridized carbons (Fsp3) is 0.118. The van der Waals surface area contributed by atoms with Gasteiger partial charge in [-0.1, -0.05) is 12.1 Å². The molecule has 0 saturated carbocycles. The molecule has 0 atom stereocenters. The zero-order valence-electron chi connectivity index (χ0n) is 12.9. The van der Waals surface area contributed by atoms with Crippen LogP contribution in [0.5, 0.6) is 5.75 Å². The molecule has 1 aliphatic heterocycles. The SMILES string of the molecule is CCOc1ccc(NC(=S)NN2C(=O)c3ccccc3C2=O)cc1. The van der Waals surface area contributed by atoms with Gasteiger partial charge >= 0.3 is 0 Å². The topological polar surface area (TPSA) is 70.7 Å². The number of thiocarbonyl (C=S) groups is 1. The molecule has 1 aliphatic rings. The van der Waals surface area contributed by atoms with Crippen molar-refractivity contribution in [1.29, 1.82) is 0 Å². The van der Waals surface area contributed by atoms with Crippen LogP contribution in [0, 0.1) is 0 Å². The molecule has 2 aromatic rings. The lowest BCUT2D eigenvalue weighted by Crippen LogP contribution is -2.47. The average molecular weight is 341 g/mol. The summed E-state index contributed by atoms with van der Waals surface area (Å²) < 4.78 is 5.36. The van der Waals surface area contributed by atoms with Gasteiger partial charge in [0.15, 0.2) is 5.11 Å². The highest BCUT2D eigenvalue weighted by Gasteiger charge is 2.35. The number of hydrogen-bond acceptors (Lipinski definition) is 4. The highest BCUT2D eigenvalue weighted by atomic mass is 32.1. The van der Waals surface area contributed by atoms with Gasteiger partial charge in [-0.3, -0.25) is 15.0 Å². The predicted octanol–water partition coefficient (Wildman–Crippen LogP) is 2.58. The lowest BCUT2D eigenvalue weighted by molar-refractivity contribution is 0.0613. The van der Waals surface area contributed by atoms with Gasteiger partial charge in [-0.15, -0.1) is 0 Å². The Kier molecular flexibility index (Phi) is 4.43. The maximum Gasteiger partial charge on any atom is 0.280 e. The molecule has 0 unspecified atom stereocenters. The summed E-state index contributed by atoms with van der Waals surface area (Å²) in [6.07, 6.45) is 0. The van der Waals surface area contributed by atoms with Crippen LogP contribution >= 0.6 is 12.2 Å². The third kappa shape index (κ3) is 3.07. The third-order valence-electron chi connectivity index (χ3n) is 3.43. The monoisotopic (exact) mass is 341 g/mol. The van der Waals surface area contributed by atoms with Crippen LogP contribution in [0.15, 0.2) is 48.5 Å². The summed E-state index contributed by atoms with van der Waals surface area (Å²) in [6, 6.07) is 13.8. The summed E-state index contributed by atoms with van der Waals surface area (Å²) in [5, 5.41) is 3.98. The number of hydrogen-bond donors (Lipinski definition) is 2. The van der Waals surface area contributed by atoms with Crippen molar-refractivity contribution < 1.29 is 14.3 Å². The molecule has 2 amide bonds. The molecule has 2 N–H and O–H groups in total. The summed E-state index contributed by atoms with van der Waals surface area (Å²) in [7, 11) is 0. The van der Waals surface area contributed by atoms with Gasteiger partial charge < -0.3 is 10.1 Å². The van der Waals surface area contributed by atoms with Crippen molar-refractivity contribution in [2.45, 2.75) is 6.92 Å². The Labute approximate surface area is 144 Å². The van der Waals surface area contributed by atoms with Gasteiger partial charge in [0.1, 0.15) is 5.75 Å². The van der Waals surface area contributed by atoms with Gasteiger partial charge in [-0.05, 0) is 55.5 Å². The van der Waals surface area contributed by atoms with Crippen LogP contribution in [0.2, 0.25) is 0 Å². The number of carbonyl (C=O) groups is 2. The third-order valence-corrected chi connectivity index (χ3v) is 3.62. The fourth-order valence-corrected chi connectivity index (χ4v) is 2.56. The first kappa shape index (κ1) is 15.9. The van der Waals surface area contributed by atoms with Crippen molar-refractivity contribution in [3.8, 4) is 5.75 Å². The van der Waals surface area contributed by atoms with Gasteiger partial charge in [0.2, 0.25) is 0 Å². The molecule has 24 heavy (non-hydrogen) atoms. The quantitative estimate of drug-likeness (QED) is 0.658. The smallest absolute Gasteiger partial charge is 0.280 e. The van der Waals surface area contributed by atoms with Crippen molar-refractivity contribution in [2.24, 2.45) is 0 Å². The number of anilines is 1. The van der Waals surface area contributed by atoms with E-state index in [0.29, 0.717) is 23.4 Å². The van der Waals surface area contributed by atoms with E-state index in [-0.39, 0.29) is 5.11 Å². The molecule has 0 radical (unpaired) electrons. The van der Waals surface area contributed by atoms with Crippen LogP contribution in [0.4, 0.5) is 5.69 Å². The van der Waals surface area contributed by atoms with E-state index in [2.05, 4.69) is 10.7 Å². The number of fused-ring (bicyclic) bond motifs is 1. The number of nitrogens with one attached hydrogen (secondary N) is 2. The lowest BCUT2D eigenvalue weighted by atomic mass is 10.1. The second kappa shape index (κ2) is 6.67. The van der Waals surface area contributed by atoms with Crippen molar-refractivity contribution in [3.63, 3.8) is 0 Å². The predicted molar refractivity (Wildman–Crippen MR) is 93.9 cm³/mol. The van der Waals surface area contributed by atoms with Crippen LogP contribution in [-0.2, 0) is 0 Å². The Morgan fingerprint density at radius 1 is 1.04 bits per heavy atom. The molecule has 3 rings (SSSR count). The highest BCUT2D eigenvalue weighted by molar-refractivity contribution is 7.80. The number of nitrogens with zero attached hydrogens (tertiary/aromatic N) is 1. The van der Waals surface area contributed by atoms with E-state index in [4.69, 9.17) is 17.0 Å². The van der Waals surface area contributed by atoms with E-state index < -0.39 is 11.8 Å². The second-order valence-corrected chi connectivity index (χ2v) is 5.42. The van der Waals surface area contributed by atoms with Crippen LogP contribution in [0.25, 0.3) is 0 Å². The Morgan fingerprint density at radius 3 is 2.17 bits per heavy atom. The normalized spacial score (nSPS) is 12.8. The van der Waals surface area contributed by atoms with Crippen molar-refractivity contribution >= 4 is 34.8 Å². The first-order valence-corrected chi connectivity index (χ1v) is 7.79. The van der Waals surface area contributed by atoms with Crippen molar-refractivity contribution in [2.75, 3.05) is 11.9 Å². The Balaban J connectivity index is 1.65. The zero-order chi connectivity index (χ0) is 17.1. The average Bonchev–Trinajstić information content (AvgIpc) is 2.82. The van der Waals surface area contributed by atoms with Gasteiger partial charge in [0, 0.05) is 5.69 Å². The van der Waals surface area contributed by atoms with Crippen molar-refractivity contribution in [3.05, 3.63) is 59.7 Å². The Morgan fingerprint density at radius 2 is 1.62 bits per heavy atom. The number of imide groups is 1. The molecule has 0 bridgehead atoms. The van der Waals surface area contributed by atoms with Crippen LogP contribution in [0.1, 0.15) is 27.6 Å². The molecule has 1 heterocycles. The second-order valence-electron chi connectivity index (χ2n) is 5.01. The summed E-state index contributed by atoms with van der Waals surface area (Å²) >= 11 is 5.17. The molecule has 0 spiro atoms. The number of benzene rings is 2. The standard InChI is InChI=1S/C17H15N3O3S/c1-2-23-12-9-7-11(8-10-12)18-17(24)19-20-15(21)13-5-3-4-6-14(13)16(20)22/h3-10H,2H2,1H3,(H2,18,19,24). The minimum atomic E-state index is -0.425. The van der Waals surface area contributed by atoms with E-state index in [1.54, 1.807) is 48.5 Å². The molecule has 6 nitrogen and oxygen atoms in total. The molecular formula is C17H15N3O3S. The molecule has 7 heteroatoms. The molecule has 0 saturated heterocycles.